The van der Waals surface area contributed by atoms with E-state index in [4.69, 9.17) is 16.3 Å². The summed E-state index contributed by atoms with van der Waals surface area (Å²) >= 11 is 5.89. The van der Waals surface area contributed by atoms with Crippen LogP contribution >= 0.6 is 11.6 Å². The molecule has 1 N–H and O–H groups in total. The van der Waals surface area contributed by atoms with Crippen molar-refractivity contribution in [3.63, 3.8) is 0 Å². The fourth-order valence-corrected chi connectivity index (χ4v) is 2.25. The fraction of sp³-hybridized carbons (Fsp3) is 0.188. The van der Waals surface area contributed by atoms with Crippen LogP contribution in [0.1, 0.15) is 12.6 Å². The van der Waals surface area contributed by atoms with Crippen molar-refractivity contribution >= 4 is 17.2 Å². The summed E-state index contributed by atoms with van der Waals surface area (Å²) < 4.78 is 7.95. The van der Waals surface area contributed by atoms with Crippen molar-refractivity contribution in [3.05, 3.63) is 59.4 Å². The smallest absolute Gasteiger partial charge is 0.242 e. The van der Waals surface area contributed by atoms with E-state index >= 15 is 0 Å². The number of nitrogens with zero attached hydrogens (tertiary/aromatic N) is 2. The second-order valence-electron chi connectivity index (χ2n) is 4.63. The molecular formula is C16H16ClN3O. The number of nitrogens with one attached hydrogen (secondary N) is 1. The summed E-state index contributed by atoms with van der Waals surface area (Å²) in [4.78, 5) is 4.55. The van der Waals surface area contributed by atoms with E-state index in [0.717, 1.165) is 23.6 Å². The van der Waals surface area contributed by atoms with Crippen LogP contribution in [-0.2, 0) is 6.54 Å². The summed E-state index contributed by atoms with van der Waals surface area (Å²) in [5.74, 6) is 1.34. The van der Waals surface area contributed by atoms with E-state index in [2.05, 4.69) is 17.2 Å². The van der Waals surface area contributed by atoms with Gasteiger partial charge in [-0.15, -0.1) is 0 Å². The highest BCUT2D eigenvalue weighted by Crippen LogP contribution is 2.26. The predicted molar refractivity (Wildman–Crippen MR) is 84.1 cm³/mol. The van der Waals surface area contributed by atoms with Gasteiger partial charge in [0.05, 0.1) is 0 Å². The fourth-order valence-electron chi connectivity index (χ4n) is 2.13. The van der Waals surface area contributed by atoms with Gasteiger partial charge in [-0.2, -0.15) is 4.98 Å². The Labute approximate surface area is 128 Å². The molecule has 0 saturated heterocycles. The Balaban J connectivity index is 1.97. The van der Waals surface area contributed by atoms with Crippen LogP contribution in [0.5, 0.6) is 11.6 Å². The molecular weight excluding hydrogens is 286 g/mol. The van der Waals surface area contributed by atoms with Gasteiger partial charge in [0.15, 0.2) is 0 Å². The van der Waals surface area contributed by atoms with Gasteiger partial charge < -0.3 is 10.1 Å². The lowest BCUT2D eigenvalue weighted by Gasteiger charge is -2.07. The monoisotopic (exact) mass is 301 g/mol. The lowest BCUT2D eigenvalue weighted by atomic mass is 10.3. The minimum absolute atomic E-state index is 0.615. The molecule has 4 nitrogen and oxygen atoms in total. The average molecular weight is 302 g/mol. The first kappa shape index (κ1) is 13.9. The molecule has 0 fully saturated rings. The molecule has 0 aliphatic heterocycles. The molecule has 3 rings (SSSR count). The van der Waals surface area contributed by atoms with Gasteiger partial charge >= 0.3 is 0 Å². The molecule has 0 saturated carbocycles. The van der Waals surface area contributed by atoms with E-state index in [1.54, 1.807) is 12.1 Å². The van der Waals surface area contributed by atoms with Crippen molar-refractivity contribution in [2.75, 3.05) is 6.54 Å². The molecule has 0 radical (unpaired) electrons. The second kappa shape index (κ2) is 6.16. The Kier molecular flexibility index (Phi) is 4.08. The van der Waals surface area contributed by atoms with Crippen LogP contribution in [0.2, 0.25) is 5.02 Å². The number of fused-ring (bicyclic) bond motifs is 1. The summed E-state index contributed by atoms with van der Waals surface area (Å²) in [7, 11) is 0. The van der Waals surface area contributed by atoms with Gasteiger partial charge in [0.2, 0.25) is 5.88 Å². The van der Waals surface area contributed by atoms with Gasteiger partial charge in [-0.3, -0.25) is 4.40 Å². The van der Waals surface area contributed by atoms with Crippen molar-refractivity contribution in [2.24, 2.45) is 0 Å². The largest absolute Gasteiger partial charge is 0.437 e. The van der Waals surface area contributed by atoms with Crippen LogP contribution in [0, 0.1) is 0 Å². The molecule has 0 amide bonds. The normalized spacial score (nSPS) is 11.0. The zero-order valence-electron chi connectivity index (χ0n) is 11.7. The highest BCUT2D eigenvalue weighted by molar-refractivity contribution is 6.30. The quantitative estimate of drug-likeness (QED) is 0.777. The molecule has 0 unspecified atom stereocenters. The van der Waals surface area contributed by atoms with Crippen LogP contribution in [-0.4, -0.2) is 15.9 Å². The van der Waals surface area contributed by atoms with Gasteiger partial charge in [-0.1, -0.05) is 24.6 Å². The third-order valence-corrected chi connectivity index (χ3v) is 3.41. The lowest BCUT2D eigenvalue weighted by Crippen LogP contribution is -2.14. The number of halogens is 1. The third kappa shape index (κ3) is 3.01. The number of hydrogen-bond acceptors (Lipinski definition) is 3. The minimum atomic E-state index is 0.615. The van der Waals surface area contributed by atoms with Crippen molar-refractivity contribution in [1.29, 1.82) is 0 Å². The molecule has 0 atom stereocenters. The molecule has 21 heavy (non-hydrogen) atoms. The summed E-state index contributed by atoms with van der Waals surface area (Å²) in [6.45, 7) is 3.66. The summed E-state index contributed by atoms with van der Waals surface area (Å²) in [5.41, 5.74) is 1.87. The van der Waals surface area contributed by atoms with Crippen molar-refractivity contribution in [1.82, 2.24) is 14.7 Å². The number of rotatable bonds is 5. The zero-order valence-corrected chi connectivity index (χ0v) is 12.5. The summed E-state index contributed by atoms with van der Waals surface area (Å²) in [6, 6.07) is 13.2. The number of hydrogen-bond donors (Lipinski definition) is 1. The number of aromatic nitrogens is 2. The Morgan fingerprint density at radius 3 is 2.76 bits per heavy atom. The molecule has 1 aromatic carbocycles. The SMILES string of the molecule is CCNCc1c(Oc2ccc(Cl)cc2)nc2ccccn12. The maximum atomic E-state index is 5.92. The molecule has 5 heteroatoms. The molecule has 2 aromatic heterocycles. The molecule has 3 aromatic rings. The summed E-state index contributed by atoms with van der Waals surface area (Å²) in [6.07, 6.45) is 1.99. The molecule has 0 aliphatic carbocycles. The third-order valence-electron chi connectivity index (χ3n) is 3.16. The number of ether oxygens (including phenoxy) is 1. The van der Waals surface area contributed by atoms with Crippen LogP contribution in [0.15, 0.2) is 48.7 Å². The van der Waals surface area contributed by atoms with Crippen LogP contribution in [0.25, 0.3) is 5.65 Å². The molecule has 2 heterocycles. The Morgan fingerprint density at radius 2 is 2.00 bits per heavy atom. The van der Waals surface area contributed by atoms with Crippen molar-refractivity contribution in [2.45, 2.75) is 13.5 Å². The first-order valence-electron chi connectivity index (χ1n) is 6.88. The number of imidazole rings is 1. The lowest BCUT2D eigenvalue weighted by molar-refractivity contribution is 0.456. The van der Waals surface area contributed by atoms with Crippen molar-refractivity contribution in [3.8, 4) is 11.6 Å². The van der Waals surface area contributed by atoms with Gasteiger partial charge in [-0.05, 0) is 42.9 Å². The molecule has 0 aliphatic rings. The Bertz CT molecular complexity index is 737. The van der Waals surface area contributed by atoms with E-state index in [1.165, 1.54) is 0 Å². The van der Waals surface area contributed by atoms with E-state index in [-0.39, 0.29) is 0 Å². The van der Waals surface area contributed by atoms with Gasteiger partial charge in [0, 0.05) is 17.8 Å². The highest BCUT2D eigenvalue weighted by Gasteiger charge is 2.13. The molecule has 0 bridgehead atoms. The second-order valence-corrected chi connectivity index (χ2v) is 5.07. The number of pyridine rings is 1. The van der Waals surface area contributed by atoms with Crippen LogP contribution < -0.4 is 10.1 Å². The predicted octanol–water partition coefficient (Wildman–Crippen LogP) is 3.89. The number of benzene rings is 1. The van der Waals surface area contributed by atoms with Gasteiger partial charge in [0.1, 0.15) is 17.1 Å². The van der Waals surface area contributed by atoms with Crippen LogP contribution in [0.3, 0.4) is 0 Å². The maximum Gasteiger partial charge on any atom is 0.242 e. The van der Waals surface area contributed by atoms with E-state index in [1.807, 2.05) is 40.9 Å². The van der Waals surface area contributed by atoms with Crippen molar-refractivity contribution < 1.29 is 4.74 Å². The molecule has 0 spiro atoms. The topological polar surface area (TPSA) is 38.6 Å². The standard InChI is InChI=1S/C16H16ClN3O/c1-2-18-11-14-16(19-15-5-3-4-10-20(14)15)21-13-8-6-12(17)7-9-13/h3-10,18H,2,11H2,1H3. The van der Waals surface area contributed by atoms with E-state index in [9.17, 15) is 0 Å². The van der Waals surface area contributed by atoms with E-state index in [0.29, 0.717) is 17.4 Å². The Hall–Kier alpha value is -2.04. The van der Waals surface area contributed by atoms with E-state index < -0.39 is 0 Å². The first-order valence-corrected chi connectivity index (χ1v) is 7.26. The minimum Gasteiger partial charge on any atom is -0.437 e. The van der Waals surface area contributed by atoms with Crippen LogP contribution in [0.4, 0.5) is 0 Å². The first-order chi connectivity index (χ1) is 10.3. The Morgan fingerprint density at radius 1 is 1.19 bits per heavy atom. The highest BCUT2D eigenvalue weighted by atomic mass is 35.5. The summed E-state index contributed by atoms with van der Waals surface area (Å²) in [5, 5.41) is 4.00. The maximum absolute atomic E-state index is 5.92. The zero-order chi connectivity index (χ0) is 14.7. The van der Waals surface area contributed by atoms with Gasteiger partial charge in [-0.25, -0.2) is 0 Å². The van der Waals surface area contributed by atoms with Gasteiger partial charge in [0.25, 0.3) is 0 Å². The molecule has 108 valence electrons. The average Bonchev–Trinajstić information content (AvgIpc) is 2.85.